The van der Waals surface area contributed by atoms with Gasteiger partial charge in [0.25, 0.3) is 0 Å². The van der Waals surface area contributed by atoms with Crippen LogP contribution in [0.25, 0.3) is 0 Å². The molecule has 1 aliphatic heterocycles. The van der Waals surface area contributed by atoms with E-state index in [2.05, 4.69) is 38.1 Å². The van der Waals surface area contributed by atoms with Crippen LogP contribution in [0.1, 0.15) is 50.2 Å². The van der Waals surface area contributed by atoms with Gasteiger partial charge in [0.2, 0.25) is 0 Å². The summed E-state index contributed by atoms with van der Waals surface area (Å²) in [5, 5.41) is 9.61. The van der Waals surface area contributed by atoms with Crippen LogP contribution >= 0.6 is 0 Å². The Labute approximate surface area is 116 Å². The van der Waals surface area contributed by atoms with Crippen molar-refractivity contribution >= 4 is 0 Å². The Morgan fingerprint density at radius 1 is 1.26 bits per heavy atom. The first-order valence-corrected chi connectivity index (χ1v) is 7.53. The highest BCUT2D eigenvalue weighted by molar-refractivity contribution is 5.25. The van der Waals surface area contributed by atoms with Crippen molar-refractivity contribution in [1.29, 1.82) is 0 Å². The summed E-state index contributed by atoms with van der Waals surface area (Å²) in [5.41, 5.74) is 2.79. The summed E-state index contributed by atoms with van der Waals surface area (Å²) in [7, 11) is 0. The lowest BCUT2D eigenvalue weighted by Gasteiger charge is -2.26. The molecule has 3 atom stereocenters. The van der Waals surface area contributed by atoms with E-state index in [-0.39, 0.29) is 6.10 Å². The largest absolute Gasteiger partial charge is 0.391 e. The van der Waals surface area contributed by atoms with Gasteiger partial charge >= 0.3 is 0 Å². The summed E-state index contributed by atoms with van der Waals surface area (Å²) >= 11 is 0. The van der Waals surface area contributed by atoms with Crippen molar-refractivity contribution in [2.75, 3.05) is 13.2 Å². The van der Waals surface area contributed by atoms with E-state index in [1.165, 1.54) is 24.0 Å². The standard InChI is InChI=1S/C17H26O2/c1-3-4-13(2)16-7-5-14(6-8-16)9-15-10-17(18)12-19-11-15/h5-8,13,15,17-18H,3-4,9-12H2,1-2H3. The van der Waals surface area contributed by atoms with Gasteiger partial charge in [0.15, 0.2) is 0 Å². The van der Waals surface area contributed by atoms with Gasteiger partial charge in [-0.2, -0.15) is 0 Å². The van der Waals surface area contributed by atoms with E-state index >= 15 is 0 Å². The van der Waals surface area contributed by atoms with Gasteiger partial charge in [0.05, 0.1) is 12.7 Å². The lowest BCUT2D eigenvalue weighted by molar-refractivity contribution is -0.0356. The maximum Gasteiger partial charge on any atom is 0.0777 e. The number of hydrogen-bond acceptors (Lipinski definition) is 2. The van der Waals surface area contributed by atoms with Gasteiger partial charge in [0.1, 0.15) is 0 Å². The molecule has 2 heteroatoms. The third-order valence-corrected chi connectivity index (χ3v) is 4.06. The highest BCUT2D eigenvalue weighted by Crippen LogP contribution is 2.23. The summed E-state index contributed by atoms with van der Waals surface area (Å²) in [4.78, 5) is 0. The van der Waals surface area contributed by atoms with Crippen LogP contribution in [-0.4, -0.2) is 24.4 Å². The van der Waals surface area contributed by atoms with Crippen molar-refractivity contribution < 1.29 is 9.84 Å². The van der Waals surface area contributed by atoms with E-state index in [1.54, 1.807) is 0 Å². The highest BCUT2D eigenvalue weighted by Gasteiger charge is 2.20. The maximum absolute atomic E-state index is 9.61. The van der Waals surface area contributed by atoms with Crippen molar-refractivity contribution in [1.82, 2.24) is 0 Å². The van der Waals surface area contributed by atoms with Gasteiger partial charge in [0, 0.05) is 6.61 Å². The van der Waals surface area contributed by atoms with Crippen LogP contribution in [0.2, 0.25) is 0 Å². The van der Waals surface area contributed by atoms with Crippen molar-refractivity contribution in [3.8, 4) is 0 Å². The van der Waals surface area contributed by atoms with Gasteiger partial charge in [-0.15, -0.1) is 0 Å². The Bertz CT molecular complexity index is 371. The molecule has 1 aliphatic rings. The quantitative estimate of drug-likeness (QED) is 0.879. The second-order valence-electron chi connectivity index (χ2n) is 5.93. The molecule has 0 aromatic heterocycles. The molecule has 1 aromatic carbocycles. The van der Waals surface area contributed by atoms with Crippen LogP contribution in [-0.2, 0) is 11.2 Å². The summed E-state index contributed by atoms with van der Waals surface area (Å²) in [6, 6.07) is 9.00. The van der Waals surface area contributed by atoms with Crippen LogP contribution in [0.4, 0.5) is 0 Å². The topological polar surface area (TPSA) is 29.5 Å². The van der Waals surface area contributed by atoms with Crippen molar-refractivity contribution in [3.05, 3.63) is 35.4 Å². The second-order valence-corrected chi connectivity index (χ2v) is 5.93. The smallest absolute Gasteiger partial charge is 0.0777 e. The number of hydrogen-bond donors (Lipinski definition) is 1. The molecule has 1 N–H and O–H groups in total. The minimum atomic E-state index is -0.275. The third kappa shape index (κ3) is 4.32. The average Bonchev–Trinajstić information content (AvgIpc) is 2.40. The summed E-state index contributed by atoms with van der Waals surface area (Å²) in [6.07, 6.45) is 4.10. The Kier molecular flexibility index (Phi) is 5.41. The molecule has 0 radical (unpaired) electrons. The van der Waals surface area contributed by atoms with Crippen LogP contribution in [0, 0.1) is 5.92 Å². The predicted molar refractivity (Wildman–Crippen MR) is 78.4 cm³/mol. The minimum absolute atomic E-state index is 0.275. The monoisotopic (exact) mass is 262 g/mol. The molecule has 1 fully saturated rings. The number of aliphatic hydroxyl groups excluding tert-OH is 1. The fraction of sp³-hybridized carbons (Fsp3) is 0.647. The summed E-state index contributed by atoms with van der Waals surface area (Å²) in [5.74, 6) is 1.11. The molecule has 106 valence electrons. The molecular formula is C17H26O2. The molecule has 3 unspecified atom stereocenters. The van der Waals surface area contributed by atoms with Crippen molar-refractivity contribution in [2.45, 2.75) is 51.6 Å². The molecule has 0 bridgehead atoms. The van der Waals surface area contributed by atoms with Crippen LogP contribution < -0.4 is 0 Å². The zero-order valence-corrected chi connectivity index (χ0v) is 12.1. The fourth-order valence-corrected chi connectivity index (χ4v) is 2.95. The fourth-order valence-electron chi connectivity index (χ4n) is 2.95. The SMILES string of the molecule is CCCC(C)c1ccc(CC2COCC(O)C2)cc1. The summed E-state index contributed by atoms with van der Waals surface area (Å²) < 4.78 is 5.41. The number of rotatable bonds is 5. The van der Waals surface area contributed by atoms with Crippen LogP contribution in [0.3, 0.4) is 0 Å². The first kappa shape index (κ1) is 14.5. The molecule has 0 spiro atoms. The first-order chi connectivity index (χ1) is 9.19. The Morgan fingerprint density at radius 3 is 2.63 bits per heavy atom. The lowest BCUT2D eigenvalue weighted by atomic mass is 9.91. The zero-order chi connectivity index (χ0) is 13.7. The van der Waals surface area contributed by atoms with Gasteiger partial charge in [-0.05, 0) is 42.2 Å². The average molecular weight is 262 g/mol. The first-order valence-electron chi connectivity index (χ1n) is 7.53. The van der Waals surface area contributed by atoms with E-state index in [1.807, 2.05) is 0 Å². The molecule has 1 heterocycles. The second kappa shape index (κ2) is 7.06. The Hall–Kier alpha value is -0.860. The maximum atomic E-state index is 9.61. The third-order valence-electron chi connectivity index (χ3n) is 4.06. The summed E-state index contributed by atoms with van der Waals surface area (Å²) in [6.45, 7) is 5.82. The van der Waals surface area contributed by atoms with Gasteiger partial charge in [-0.1, -0.05) is 44.5 Å². The molecule has 1 aromatic rings. The number of benzene rings is 1. The van der Waals surface area contributed by atoms with E-state index in [9.17, 15) is 5.11 Å². The zero-order valence-electron chi connectivity index (χ0n) is 12.1. The lowest BCUT2D eigenvalue weighted by Crippen LogP contribution is -2.30. The van der Waals surface area contributed by atoms with E-state index in [0.717, 1.165) is 19.4 Å². The van der Waals surface area contributed by atoms with E-state index in [4.69, 9.17) is 4.74 Å². The predicted octanol–water partition coefficient (Wildman–Crippen LogP) is 3.53. The number of ether oxygens (including phenoxy) is 1. The van der Waals surface area contributed by atoms with Crippen LogP contribution in [0.5, 0.6) is 0 Å². The highest BCUT2D eigenvalue weighted by atomic mass is 16.5. The molecule has 0 aliphatic carbocycles. The number of aliphatic hydroxyl groups is 1. The molecular weight excluding hydrogens is 236 g/mol. The van der Waals surface area contributed by atoms with Crippen molar-refractivity contribution in [3.63, 3.8) is 0 Å². The molecule has 2 rings (SSSR count). The normalized spacial score (nSPS) is 25.2. The minimum Gasteiger partial charge on any atom is -0.391 e. The van der Waals surface area contributed by atoms with Gasteiger partial charge in [-0.3, -0.25) is 0 Å². The molecule has 2 nitrogen and oxygen atoms in total. The molecule has 1 saturated heterocycles. The van der Waals surface area contributed by atoms with E-state index < -0.39 is 0 Å². The Balaban J connectivity index is 1.91. The Morgan fingerprint density at radius 2 is 2.00 bits per heavy atom. The van der Waals surface area contributed by atoms with Gasteiger partial charge in [-0.25, -0.2) is 0 Å². The molecule has 0 saturated carbocycles. The van der Waals surface area contributed by atoms with E-state index in [0.29, 0.717) is 18.4 Å². The van der Waals surface area contributed by atoms with Gasteiger partial charge < -0.3 is 9.84 Å². The van der Waals surface area contributed by atoms with Crippen LogP contribution in [0.15, 0.2) is 24.3 Å². The molecule has 19 heavy (non-hydrogen) atoms. The van der Waals surface area contributed by atoms with Crippen molar-refractivity contribution in [2.24, 2.45) is 5.92 Å². The molecule has 0 amide bonds.